The fourth-order valence-electron chi connectivity index (χ4n) is 2.98. The Labute approximate surface area is 147 Å². The number of carbonyl (C=O) groups is 1. The summed E-state index contributed by atoms with van der Waals surface area (Å²) in [4.78, 5) is 16.8. The zero-order chi connectivity index (χ0) is 17.6. The number of methoxy groups -OCH3 is 1. The topological polar surface area (TPSA) is 56.2 Å². The van der Waals surface area contributed by atoms with Crippen molar-refractivity contribution in [3.8, 4) is 5.75 Å². The summed E-state index contributed by atoms with van der Waals surface area (Å²) in [6.45, 7) is 3.68. The highest BCUT2D eigenvalue weighted by Gasteiger charge is 2.10. The molecule has 0 saturated heterocycles. The predicted molar refractivity (Wildman–Crippen MR) is 99.1 cm³/mol. The highest BCUT2D eigenvalue weighted by molar-refractivity contribution is 5.94. The van der Waals surface area contributed by atoms with Crippen LogP contribution in [0.1, 0.15) is 29.3 Å². The number of ether oxygens (including phenoxy) is 1. The summed E-state index contributed by atoms with van der Waals surface area (Å²) in [5.41, 5.74) is 2.83. The van der Waals surface area contributed by atoms with Gasteiger partial charge in [0.05, 0.1) is 7.11 Å². The zero-order valence-electron chi connectivity index (χ0n) is 14.7. The van der Waals surface area contributed by atoms with Gasteiger partial charge >= 0.3 is 0 Å². The number of hydrogen-bond donors (Lipinski definition) is 1. The number of hydrogen-bond acceptors (Lipinski definition) is 3. The molecule has 1 amide bonds. The van der Waals surface area contributed by atoms with Crippen molar-refractivity contribution in [3.63, 3.8) is 0 Å². The Kier molecular flexibility index (Phi) is 5.33. The van der Waals surface area contributed by atoms with E-state index in [9.17, 15) is 4.79 Å². The van der Waals surface area contributed by atoms with Crippen molar-refractivity contribution < 1.29 is 9.53 Å². The summed E-state index contributed by atoms with van der Waals surface area (Å²) in [6.07, 6.45) is 5.81. The first-order valence-electron chi connectivity index (χ1n) is 8.58. The monoisotopic (exact) mass is 337 g/mol. The number of fused-ring (bicyclic) bond motifs is 1. The minimum atomic E-state index is -0.0886. The lowest BCUT2D eigenvalue weighted by atomic mass is 10.1. The van der Waals surface area contributed by atoms with Gasteiger partial charge in [-0.2, -0.15) is 0 Å². The Morgan fingerprint density at radius 1 is 1.28 bits per heavy atom. The number of nitrogens with one attached hydrogen (secondary N) is 1. The smallest absolute Gasteiger partial charge is 0.251 e. The normalized spacial score (nSPS) is 10.8. The molecule has 5 nitrogen and oxygen atoms in total. The average molecular weight is 337 g/mol. The summed E-state index contributed by atoms with van der Waals surface area (Å²) in [5.74, 6) is 0.593. The van der Waals surface area contributed by atoms with Gasteiger partial charge in [0.1, 0.15) is 11.4 Å². The molecule has 0 aliphatic rings. The minimum Gasteiger partial charge on any atom is -0.497 e. The summed E-state index contributed by atoms with van der Waals surface area (Å²) in [6, 6.07) is 11.2. The Balaban J connectivity index is 1.67. The van der Waals surface area contributed by atoms with Gasteiger partial charge in [-0.05, 0) is 48.7 Å². The Hall–Kier alpha value is -2.82. The predicted octanol–water partition coefficient (Wildman–Crippen LogP) is 3.43. The van der Waals surface area contributed by atoms with E-state index < -0.39 is 0 Å². The zero-order valence-corrected chi connectivity index (χ0v) is 14.7. The number of benzene rings is 1. The molecule has 0 saturated carbocycles. The minimum absolute atomic E-state index is 0.0886. The second kappa shape index (κ2) is 7.83. The first kappa shape index (κ1) is 17.0. The van der Waals surface area contributed by atoms with E-state index in [4.69, 9.17) is 4.74 Å². The van der Waals surface area contributed by atoms with Gasteiger partial charge in [0, 0.05) is 36.4 Å². The lowest BCUT2D eigenvalue weighted by Crippen LogP contribution is -2.25. The standard InChI is InChI=1S/C20H23N3O2/c1-3-12-23-14-16(18-8-5-10-21-19(18)23)9-11-22-20(24)15-6-4-7-17(13-15)25-2/h4-8,10,13-14H,3,9,11-12H2,1-2H3,(H,22,24). The molecule has 0 spiro atoms. The van der Waals surface area contributed by atoms with Crippen LogP contribution in [0.3, 0.4) is 0 Å². The largest absolute Gasteiger partial charge is 0.497 e. The molecular formula is C20H23N3O2. The SMILES string of the molecule is CCCn1cc(CCNC(=O)c2cccc(OC)c2)c2cccnc21. The van der Waals surface area contributed by atoms with Crippen LogP contribution in [-0.4, -0.2) is 29.1 Å². The number of amides is 1. The van der Waals surface area contributed by atoms with E-state index >= 15 is 0 Å². The maximum Gasteiger partial charge on any atom is 0.251 e. The average Bonchev–Trinajstić information content (AvgIpc) is 3.00. The van der Waals surface area contributed by atoms with E-state index in [1.54, 1.807) is 19.2 Å². The van der Waals surface area contributed by atoms with Gasteiger partial charge < -0.3 is 14.6 Å². The Bertz CT molecular complexity index is 870. The van der Waals surface area contributed by atoms with Crippen molar-refractivity contribution >= 4 is 16.9 Å². The lowest BCUT2D eigenvalue weighted by Gasteiger charge is -2.06. The van der Waals surface area contributed by atoms with Crippen molar-refractivity contribution in [2.24, 2.45) is 0 Å². The molecular weight excluding hydrogens is 314 g/mol. The van der Waals surface area contributed by atoms with Gasteiger partial charge in [-0.3, -0.25) is 4.79 Å². The fourth-order valence-corrected chi connectivity index (χ4v) is 2.98. The van der Waals surface area contributed by atoms with Crippen molar-refractivity contribution in [1.82, 2.24) is 14.9 Å². The van der Waals surface area contributed by atoms with E-state index in [-0.39, 0.29) is 5.91 Å². The third kappa shape index (κ3) is 3.82. The van der Waals surface area contributed by atoms with Gasteiger partial charge in [0.2, 0.25) is 0 Å². The van der Waals surface area contributed by atoms with Crippen LogP contribution < -0.4 is 10.1 Å². The summed E-state index contributed by atoms with van der Waals surface area (Å²) in [5, 5.41) is 4.14. The quantitative estimate of drug-likeness (QED) is 0.719. The number of nitrogens with zero attached hydrogens (tertiary/aromatic N) is 2. The molecule has 1 N–H and O–H groups in total. The van der Waals surface area contributed by atoms with Crippen LogP contribution in [-0.2, 0) is 13.0 Å². The number of pyridine rings is 1. The van der Waals surface area contributed by atoms with Crippen LogP contribution in [0.4, 0.5) is 0 Å². The molecule has 5 heteroatoms. The number of aromatic nitrogens is 2. The van der Waals surface area contributed by atoms with Crippen LogP contribution in [0.5, 0.6) is 5.75 Å². The second-order valence-electron chi connectivity index (χ2n) is 5.96. The number of aryl methyl sites for hydroxylation is 1. The van der Waals surface area contributed by atoms with E-state index in [1.165, 1.54) is 5.56 Å². The van der Waals surface area contributed by atoms with Crippen LogP contribution >= 0.6 is 0 Å². The highest BCUT2D eigenvalue weighted by atomic mass is 16.5. The van der Waals surface area contributed by atoms with Crippen molar-refractivity contribution in [2.45, 2.75) is 26.3 Å². The maximum atomic E-state index is 12.3. The third-order valence-corrected chi connectivity index (χ3v) is 4.19. The molecule has 3 rings (SSSR count). The summed E-state index contributed by atoms with van der Waals surface area (Å²) < 4.78 is 7.35. The molecule has 0 bridgehead atoms. The first-order chi connectivity index (χ1) is 12.2. The Morgan fingerprint density at radius 2 is 2.16 bits per heavy atom. The van der Waals surface area contributed by atoms with Gasteiger partial charge in [0.25, 0.3) is 5.91 Å². The van der Waals surface area contributed by atoms with E-state index in [0.717, 1.165) is 30.4 Å². The van der Waals surface area contributed by atoms with Crippen LogP contribution in [0.2, 0.25) is 0 Å². The van der Waals surface area contributed by atoms with Crippen LogP contribution in [0.25, 0.3) is 11.0 Å². The van der Waals surface area contributed by atoms with Gasteiger partial charge in [-0.25, -0.2) is 4.98 Å². The third-order valence-electron chi connectivity index (χ3n) is 4.19. The van der Waals surface area contributed by atoms with Crippen LogP contribution in [0.15, 0.2) is 48.8 Å². The summed E-state index contributed by atoms with van der Waals surface area (Å²) >= 11 is 0. The molecule has 1 aromatic carbocycles. The lowest BCUT2D eigenvalue weighted by molar-refractivity contribution is 0.0954. The molecule has 0 unspecified atom stereocenters. The molecule has 2 aromatic heterocycles. The highest BCUT2D eigenvalue weighted by Crippen LogP contribution is 2.20. The first-order valence-corrected chi connectivity index (χ1v) is 8.58. The Morgan fingerprint density at radius 3 is 2.96 bits per heavy atom. The van der Waals surface area contributed by atoms with Gasteiger partial charge in [-0.1, -0.05) is 13.0 Å². The van der Waals surface area contributed by atoms with Gasteiger partial charge in [-0.15, -0.1) is 0 Å². The summed E-state index contributed by atoms with van der Waals surface area (Å²) in [7, 11) is 1.59. The fraction of sp³-hybridized carbons (Fsp3) is 0.300. The molecule has 2 heterocycles. The molecule has 0 aliphatic heterocycles. The van der Waals surface area contributed by atoms with Crippen molar-refractivity contribution in [3.05, 3.63) is 59.9 Å². The molecule has 25 heavy (non-hydrogen) atoms. The van der Waals surface area contributed by atoms with Crippen LogP contribution in [0, 0.1) is 0 Å². The van der Waals surface area contributed by atoms with Crippen molar-refractivity contribution in [1.29, 1.82) is 0 Å². The molecule has 130 valence electrons. The molecule has 0 aliphatic carbocycles. The van der Waals surface area contributed by atoms with Gasteiger partial charge in [0.15, 0.2) is 0 Å². The number of carbonyl (C=O) groups excluding carboxylic acids is 1. The molecule has 0 radical (unpaired) electrons. The molecule has 0 atom stereocenters. The van der Waals surface area contributed by atoms with Crippen molar-refractivity contribution in [2.75, 3.05) is 13.7 Å². The van der Waals surface area contributed by atoms with E-state index in [1.807, 2.05) is 24.4 Å². The molecule has 3 aromatic rings. The van der Waals surface area contributed by atoms with E-state index in [2.05, 4.69) is 34.1 Å². The second-order valence-corrected chi connectivity index (χ2v) is 5.96. The number of rotatable bonds is 7. The van der Waals surface area contributed by atoms with E-state index in [0.29, 0.717) is 17.9 Å². The molecule has 0 fully saturated rings. The maximum absolute atomic E-state index is 12.3.